The smallest absolute Gasteiger partial charge is 0.157 e. The molecule has 0 radical (unpaired) electrons. The van der Waals surface area contributed by atoms with Gasteiger partial charge in [0.1, 0.15) is 16.8 Å². The average molecular weight is 360 g/mol. The molecule has 100 valence electrons. The van der Waals surface area contributed by atoms with Crippen molar-refractivity contribution >= 4 is 39.3 Å². The Morgan fingerprint density at radius 1 is 1.26 bits per heavy atom. The summed E-state index contributed by atoms with van der Waals surface area (Å²) in [5, 5.41) is 1.25. The Morgan fingerprint density at radius 3 is 2.68 bits per heavy atom. The number of nitrogens with zero attached hydrogens (tertiary/aromatic N) is 2. The van der Waals surface area contributed by atoms with E-state index in [4.69, 9.17) is 16.3 Å². The topological polar surface area (TPSA) is 35.0 Å². The van der Waals surface area contributed by atoms with Crippen LogP contribution < -0.4 is 0 Å². The van der Waals surface area contributed by atoms with Crippen molar-refractivity contribution < 1.29 is 4.74 Å². The van der Waals surface area contributed by atoms with Gasteiger partial charge in [-0.3, -0.25) is 0 Å². The Hall–Kier alpha value is -0.620. The predicted molar refractivity (Wildman–Crippen MR) is 80.6 cm³/mol. The van der Waals surface area contributed by atoms with Crippen LogP contribution in [0.25, 0.3) is 0 Å². The molecule has 0 unspecified atom stereocenters. The van der Waals surface area contributed by atoms with Crippen molar-refractivity contribution in [1.82, 2.24) is 9.97 Å². The van der Waals surface area contributed by atoms with Crippen LogP contribution >= 0.6 is 39.3 Å². The molecule has 0 fully saturated rings. The van der Waals surface area contributed by atoms with E-state index < -0.39 is 0 Å². The Labute approximate surface area is 129 Å². The normalized spacial score (nSPS) is 10.7. The van der Waals surface area contributed by atoms with Gasteiger partial charge in [0.2, 0.25) is 0 Å². The van der Waals surface area contributed by atoms with Gasteiger partial charge in [0.25, 0.3) is 0 Å². The van der Waals surface area contributed by atoms with E-state index in [2.05, 4.69) is 25.9 Å². The van der Waals surface area contributed by atoms with Crippen molar-refractivity contribution in [2.45, 2.75) is 23.5 Å². The van der Waals surface area contributed by atoms with Crippen LogP contribution in [0, 0.1) is 0 Å². The first-order valence-corrected chi connectivity index (χ1v) is 7.70. The van der Waals surface area contributed by atoms with Crippen LogP contribution in [0.15, 0.2) is 44.7 Å². The standard InChI is InChI=1S/C13H12BrClN2OS/c1-2-18-8-12-16-11(15)7-13(17-12)19-10-5-3-9(14)4-6-10/h3-7H,2,8H2,1H3. The molecular weight excluding hydrogens is 348 g/mol. The van der Waals surface area contributed by atoms with Crippen molar-refractivity contribution in [3.8, 4) is 0 Å². The number of ether oxygens (including phenoxy) is 1. The molecule has 0 aliphatic carbocycles. The van der Waals surface area contributed by atoms with Crippen LogP contribution in [0.4, 0.5) is 0 Å². The van der Waals surface area contributed by atoms with E-state index in [9.17, 15) is 0 Å². The van der Waals surface area contributed by atoms with Gasteiger partial charge in [0.15, 0.2) is 5.82 Å². The Morgan fingerprint density at radius 2 is 2.00 bits per heavy atom. The predicted octanol–water partition coefficient (Wildman–Crippen LogP) is 4.58. The molecule has 1 aromatic heterocycles. The number of benzene rings is 1. The van der Waals surface area contributed by atoms with Crippen molar-refractivity contribution in [1.29, 1.82) is 0 Å². The zero-order chi connectivity index (χ0) is 13.7. The van der Waals surface area contributed by atoms with Crippen LogP contribution in [-0.4, -0.2) is 16.6 Å². The fourth-order valence-electron chi connectivity index (χ4n) is 1.38. The number of hydrogen-bond acceptors (Lipinski definition) is 4. The summed E-state index contributed by atoms with van der Waals surface area (Å²) in [6, 6.07) is 9.78. The summed E-state index contributed by atoms with van der Waals surface area (Å²) in [5.41, 5.74) is 0. The van der Waals surface area contributed by atoms with Crippen LogP contribution in [-0.2, 0) is 11.3 Å². The molecule has 1 heterocycles. The van der Waals surface area contributed by atoms with Crippen LogP contribution in [0.2, 0.25) is 5.15 Å². The lowest BCUT2D eigenvalue weighted by atomic mass is 10.4. The molecule has 3 nitrogen and oxygen atoms in total. The van der Waals surface area contributed by atoms with Crippen molar-refractivity contribution in [2.75, 3.05) is 6.61 Å². The zero-order valence-corrected chi connectivity index (χ0v) is 13.4. The Balaban J connectivity index is 2.15. The maximum Gasteiger partial charge on any atom is 0.157 e. The highest BCUT2D eigenvalue weighted by Crippen LogP contribution is 2.28. The Kier molecular flexibility index (Phi) is 5.63. The highest BCUT2D eigenvalue weighted by atomic mass is 79.9. The van der Waals surface area contributed by atoms with Gasteiger partial charge in [0, 0.05) is 22.0 Å². The maximum atomic E-state index is 5.99. The van der Waals surface area contributed by atoms with E-state index in [0.29, 0.717) is 24.2 Å². The van der Waals surface area contributed by atoms with E-state index in [0.717, 1.165) is 14.4 Å². The molecule has 0 spiro atoms. The van der Waals surface area contributed by atoms with Crippen LogP contribution in [0.5, 0.6) is 0 Å². The third-order valence-corrected chi connectivity index (χ3v) is 3.84. The van der Waals surface area contributed by atoms with E-state index >= 15 is 0 Å². The van der Waals surface area contributed by atoms with E-state index in [1.807, 2.05) is 31.2 Å². The molecule has 0 saturated heterocycles. The fourth-order valence-corrected chi connectivity index (χ4v) is 2.74. The lowest BCUT2D eigenvalue weighted by molar-refractivity contribution is 0.128. The minimum atomic E-state index is 0.380. The third kappa shape index (κ3) is 4.76. The summed E-state index contributed by atoms with van der Waals surface area (Å²) in [5.74, 6) is 0.606. The number of rotatable bonds is 5. The zero-order valence-electron chi connectivity index (χ0n) is 10.3. The summed E-state index contributed by atoms with van der Waals surface area (Å²) in [4.78, 5) is 9.65. The molecule has 0 saturated carbocycles. The average Bonchev–Trinajstić information content (AvgIpc) is 2.38. The fraction of sp³-hybridized carbons (Fsp3) is 0.231. The summed E-state index contributed by atoms with van der Waals surface area (Å²) < 4.78 is 6.35. The van der Waals surface area contributed by atoms with Gasteiger partial charge in [0.05, 0.1) is 0 Å². The largest absolute Gasteiger partial charge is 0.374 e. The quantitative estimate of drug-likeness (QED) is 0.732. The molecule has 19 heavy (non-hydrogen) atoms. The molecule has 0 amide bonds. The van der Waals surface area contributed by atoms with Crippen LogP contribution in [0.3, 0.4) is 0 Å². The first-order chi connectivity index (χ1) is 9.17. The second kappa shape index (κ2) is 7.24. The van der Waals surface area contributed by atoms with Gasteiger partial charge < -0.3 is 4.74 Å². The molecule has 1 aromatic carbocycles. The SMILES string of the molecule is CCOCc1nc(Cl)cc(Sc2ccc(Br)cc2)n1. The molecule has 0 bridgehead atoms. The monoisotopic (exact) mass is 358 g/mol. The number of aromatic nitrogens is 2. The first kappa shape index (κ1) is 14.8. The van der Waals surface area contributed by atoms with Gasteiger partial charge in [-0.25, -0.2) is 9.97 Å². The highest BCUT2D eigenvalue weighted by Gasteiger charge is 2.05. The van der Waals surface area contributed by atoms with Gasteiger partial charge in [-0.2, -0.15) is 0 Å². The van der Waals surface area contributed by atoms with Crippen molar-refractivity contribution in [3.63, 3.8) is 0 Å². The minimum absolute atomic E-state index is 0.380. The second-order valence-electron chi connectivity index (χ2n) is 3.64. The highest BCUT2D eigenvalue weighted by molar-refractivity contribution is 9.10. The summed E-state index contributed by atoms with van der Waals surface area (Å²) in [6.07, 6.45) is 0. The second-order valence-corrected chi connectivity index (χ2v) is 6.03. The third-order valence-electron chi connectivity index (χ3n) is 2.19. The summed E-state index contributed by atoms with van der Waals surface area (Å²) in [7, 11) is 0. The van der Waals surface area contributed by atoms with E-state index in [1.165, 1.54) is 0 Å². The Bertz CT molecular complexity index is 551. The molecule has 2 aromatic rings. The van der Waals surface area contributed by atoms with Crippen LogP contribution in [0.1, 0.15) is 12.7 Å². The lowest BCUT2D eigenvalue weighted by Gasteiger charge is -2.05. The van der Waals surface area contributed by atoms with E-state index in [1.54, 1.807) is 17.8 Å². The summed E-state index contributed by atoms with van der Waals surface area (Å²) >= 11 is 10.9. The first-order valence-electron chi connectivity index (χ1n) is 5.72. The molecule has 2 rings (SSSR count). The van der Waals surface area contributed by atoms with Crippen molar-refractivity contribution in [2.24, 2.45) is 0 Å². The van der Waals surface area contributed by atoms with E-state index in [-0.39, 0.29) is 0 Å². The van der Waals surface area contributed by atoms with Gasteiger partial charge in [-0.15, -0.1) is 0 Å². The lowest BCUT2D eigenvalue weighted by Crippen LogP contribution is -2.00. The molecule has 0 aliphatic heterocycles. The minimum Gasteiger partial charge on any atom is -0.374 e. The van der Waals surface area contributed by atoms with Gasteiger partial charge >= 0.3 is 0 Å². The van der Waals surface area contributed by atoms with Gasteiger partial charge in [-0.1, -0.05) is 39.3 Å². The molecule has 0 atom stereocenters. The van der Waals surface area contributed by atoms with Crippen molar-refractivity contribution in [3.05, 3.63) is 45.8 Å². The molecule has 0 aliphatic rings. The molecular formula is C13H12BrClN2OS. The number of hydrogen-bond donors (Lipinski definition) is 0. The molecule has 6 heteroatoms. The summed E-state index contributed by atoms with van der Waals surface area (Å²) in [6.45, 7) is 2.94. The van der Waals surface area contributed by atoms with Gasteiger partial charge in [-0.05, 0) is 31.2 Å². The molecule has 0 N–H and O–H groups in total. The number of halogens is 2. The maximum absolute atomic E-state index is 5.99.